The molecule has 0 aliphatic carbocycles. The Morgan fingerprint density at radius 2 is 1.22 bits per heavy atom. The molecule has 0 amide bonds. The van der Waals surface area contributed by atoms with Crippen LogP contribution in [0.5, 0.6) is 0 Å². The van der Waals surface area contributed by atoms with Crippen molar-refractivity contribution in [2.45, 2.75) is 99.0 Å². The summed E-state index contributed by atoms with van der Waals surface area (Å²) in [7, 11) is -4.71. The van der Waals surface area contributed by atoms with Gasteiger partial charge < -0.3 is 79.4 Å². The fourth-order valence-electron chi connectivity index (χ4n) is 4.20. The Kier molecular flexibility index (Phi) is 9.85. The number of rotatable bonds is 7. The molecule has 3 aliphatic rings. The lowest BCUT2D eigenvalue weighted by Gasteiger charge is -2.48. The second kappa shape index (κ2) is 11.8. The summed E-state index contributed by atoms with van der Waals surface area (Å²) in [4.78, 5) is 18.2. The van der Waals surface area contributed by atoms with E-state index in [0.717, 1.165) is 0 Å². The van der Waals surface area contributed by atoms with Gasteiger partial charge in [0.15, 0.2) is 18.9 Å². The Morgan fingerprint density at radius 1 is 0.667 bits per heavy atom. The zero-order chi connectivity index (χ0) is 27.1. The molecule has 0 spiro atoms. The molecule has 0 aromatic heterocycles. The molecule has 0 aromatic carbocycles. The summed E-state index contributed by atoms with van der Waals surface area (Å²) in [6.07, 6.45) is -27.0. The molecule has 36 heavy (non-hydrogen) atoms. The van der Waals surface area contributed by atoms with Crippen molar-refractivity contribution in [3.05, 3.63) is 0 Å². The van der Waals surface area contributed by atoms with Gasteiger partial charge in [-0.1, -0.05) is 0 Å². The van der Waals surface area contributed by atoms with Crippen LogP contribution in [0.15, 0.2) is 0 Å². The molecule has 11 N–H and O–H groups in total. The van der Waals surface area contributed by atoms with Crippen LogP contribution < -0.4 is 0 Å². The van der Waals surface area contributed by atoms with Crippen LogP contribution in [0.2, 0.25) is 0 Å². The van der Waals surface area contributed by atoms with Crippen molar-refractivity contribution in [1.82, 2.24) is 0 Å². The van der Waals surface area contributed by atoms with Crippen LogP contribution in [0.25, 0.3) is 0 Å². The van der Waals surface area contributed by atoms with Gasteiger partial charge in [0.25, 0.3) is 0 Å². The van der Waals surface area contributed by atoms with E-state index in [4.69, 9.17) is 33.5 Å². The van der Waals surface area contributed by atoms with E-state index < -0.39 is 112 Å². The fourth-order valence-corrected chi connectivity index (χ4v) is 4.97. The molecule has 3 rings (SSSR count). The van der Waals surface area contributed by atoms with E-state index in [1.54, 1.807) is 0 Å². The van der Waals surface area contributed by atoms with Crippen LogP contribution in [-0.4, -0.2) is 161 Å². The molecule has 3 heterocycles. The standard InChI is InChI=1S/C18H33O17P/c1-4-7(20)10(23)13(26)17(31-4)35-15-12(25)8(21)5(2-19)33-18(15)34-14-11(24)9(22)6(32-16(14)27)3-36(28,29)30/h4-27H,2-3H2,1H3,(H2,28,29,30)/t4-,5+,6+,7-,8+,9+,10+,11-,12-,13+,14-,15-,16?,17-,18+/m0/s1. The maximum absolute atomic E-state index is 11.2. The van der Waals surface area contributed by atoms with Gasteiger partial charge in [-0.25, -0.2) is 0 Å². The van der Waals surface area contributed by atoms with Gasteiger partial charge in [0, 0.05) is 0 Å². The number of hydrogen-bond acceptors (Lipinski definition) is 15. The van der Waals surface area contributed by atoms with Crippen molar-refractivity contribution in [2.24, 2.45) is 0 Å². The van der Waals surface area contributed by atoms with Crippen LogP contribution in [0.4, 0.5) is 0 Å². The Bertz CT molecular complexity index is 768. The molecule has 1 unspecified atom stereocenters. The summed E-state index contributed by atoms with van der Waals surface area (Å²) in [5, 5.41) is 91.4. The van der Waals surface area contributed by atoms with Crippen LogP contribution in [0.1, 0.15) is 6.92 Å². The molecule has 3 saturated heterocycles. The summed E-state index contributed by atoms with van der Waals surface area (Å²) in [5.74, 6) is 0. The zero-order valence-electron chi connectivity index (χ0n) is 18.9. The minimum atomic E-state index is -4.71. The first-order chi connectivity index (χ1) is 16.7. The molecule has 17 nitrogen and oxygen atoms in total. The average Bonchev–Trinajstić information content (AvgIpc) is 2.80. The quantitative estimate of drug-likeness (QED) is 0.131. The Labute approximate surface area is 204 Å². The lowest BCUT2D eigenvalue weighted by molar-refractivity contribution is -0.388. The van der Waals surface area contributed by atoms with E-state index >= 15 is 0 Å². The van der Waals surface area contributed by atoms with Crippen molar-refractivity contribution in [1.29, 1.82) is 0 Å². The lowest BCUT2D eigenvalue weighted by Crippen LogP contribution is -2.66. The van der Waals surface area contributed by atoms with Gasteiger partial charge in [0.2, 0.25) is 0 Å². The van der Waals surface area contributed by atoms with Gasteiger partial charge >= 0.3 is 7.60 Å². The van der Waals surface area contributed by atoms with Gasteiger partial charge in [-0.2, -0.15) is 0 Å². The molecule has 3 fully saturated rings. The molecule has 15 atom stereocenters. The third-order valence-electron chi connectivity index (χ3n) is 6.30. The second-order valence-electron chi connectivity index (χ2n) is 8.98. The molecule has 0 bridgehead atoms. The van der Waals surface area contributed by atoms with E-state index in [0.29, 0.717) is 0 Å². The first-order valence-electron chi connectivity index (χ1n) is 11.0. The lowest BCUT2D eigenvalue weighted by atomic mass is 9.96. The first kappa shape index (κ1) is 30.1. The third-order valence-corrected chi connectivity index (χ3v) is 7.13. The van der Waals surface area contributed by atoms with Gasteiger partial charge in [0.05, 0.1) is 18.9 Å². The molecule has 0 radical (unpaired) electrons. The predicted molar refractivity (Wildman–Crippen MR) is 110 cm³/mol. The normalized spacial score (nSPS) is 50.7. The topological polar surface area (TPSA) is 286 Å². The minimum Gasteiger partial charge on any atom is -0.394 e. The number of aliphatic hydroxyl groups is 9. The van der Waals surface area contributed by atoms with Gasteiger partial charge in [-0.15, -0.1) is 0 Å². The minimum absolute atomic E-state index is 0.825. The van der Waals surface area contributed by atoms with Crippen LogP contribution in [0.3, 0.4) is 0 Å². The monoisotopic (exact) mass is 552 g/mol. The zero-order valence-corrected chi connectivity index (χ0v) is 19.8. The van der Waals surface area contributed by atoms with Crippen LogP contribution in [0, 0.1) is 0 Å². The molecule has 3 aliphatic heterocycles. The van der Waals surface area contributed by atoms with Crippen molar-refractivity contribution in [3.8, 4) is 0 Å². The summed E-state index contributed by atoms with van der Waals surface area (Å²) in [5.41, 5.74) is 0. The molecule has 212 valence electrons. The highest BCUT2D eigenvalue weighted by molar-refractivity contribution is 7.51. The Balaban J connectivity index is 1.80. The van der Waals surface area contributed by atoms with Crippen molar-refractivity contribution < 1.29 is 84.0 Å². The molecule has 0 saturated carbocycles. The molecular formula is C18H33O17P. The van der Waals surface area contributed by atoms with Gasteiger partial charge in [0.1, 0.15) is 67.1 Å². The highest BCUT2D eigenvalue weighted by Gasteiger charge is 2.53. The molecule has 18 heteroatoms. The summed E-state index contributed by atoms with van der Waals surface area (Å²) < 4.78 is 37.9. The number of ether oxygens (including phenoxy) is 5. The molecular weight excluding hydrogens is 519 g/mol. The number of aliphatic hydroxyl groups excluding tert-OH is 9. The highest BCUT2D eigenvalue weighted by atomic mass is 31.2. The largest absolute Gasteiger partial charge is 0.394 e. The Hall–Kier alpha value is -0.410. The van der Waals surface area contributed by atoms with Gasteiger partial charge in [-0.3, -0.25) is 4.57 Å². The van der Waals surface area contributed by atoms with E-state index in [-0.39, 0.29) is 0 Å². The fraction of sp³-hybridized carbons (Fsp3) is 1.00. The van der Waals surface area contributed by atoms with Gasteiger partial charge in [-0.05, 0) is 6.92 Å². The first-order valence-corrected chi connectivity index (χ1v) is 12.8. The second-order valence-corrected chi connectivity index (χ2v) is 10.7. The number of hydrogen-bond donors (Lipinski definition) is 11. The molecule has 0 aromatic rings. The van der Waals surface area contributed by atoms with E-state index in [1.807, 2.05) is 0 Å². The van der Waals surface area contributed by atoms with E-state index in [2.05, 4.69) is 0 Å². The summed E-state index contributed by atoms with van der Waals surface area (Å²) in [6, 6.07) is 0. The summed E-state index contributed by atoms with van der Waals surface area (Å²) in [6.45, 7) is 0.532. The van der Waals surface area contributed by atoms with Crippen molar-refractivity contribution >= 4 is 7.60 Å². The smallest absolute Gasteiger partial charge is 0.328 e. The highest BCUT2D eigenvalue weighted by Crippen LogP contribution is 2.39. The average molecular weight is 552 g/mol. The summed E-state index contributed by atoms with van der Waals surface area (Å²) >= 11 is 0. The maximum Gasteiger partial charge on any atom is 0.328 e. The Morgan fingerprint density at radius 3 is 1.81 bits per heavy atom. The van der Waals surface area contributed by atoms with Crippen molar-refractivity contribution in [3.63, 3.8) is 0 Å². The predicted octanol–water partition coefficient (Wildman–Crippen LogP) is -6.36. The SMILES string of the molecule is C[C@@H]1O[C@@H](O[C@@H]2[C@@H](O[C@@H]3C(O)O[C@H](CP(=O)(O)O)[C@@H](O)[C@@H]3O)O[C@H](CO)[C@@H](O)[C@@H]2O)[C@H](O)[C@H](O)[C@H]1O. The third kappa shape index (κ3) is 6.41. The van der Waals surface area contributed by atoms with Crippen LogP contribution >= 0.6 is 7.60 Å². The van der Waals surface area contributed by atoms with E-state index in [9.17, 15) is 50.5 Å². The maximum atomic E-state index is 11.2. The van der Waals surface area contributed by atoms with Crippen molar-refractivity contribution in [2.75, 3.05) is 12.8 Å². The van der Waals surface area contributed by atoms with E-state index in [1.165, 1.54) is 6.92 Å². The van der Waals surface area contributed by atoms with Crippen LogP contribution in [-0.2, 0) is 28.2 Å².